The van der Waals surface area contributed by atoms with Gasteiger partial charge in [0, 0.05) is 16.9 Å². The van der Waals surface area contributed by atoms with Gasteiger partial charge in [0.05, 0.1) is 11.4 Å². The molecule has 0 saturated heterocycles. The van der Waals surface area contributed by atoms with E-state index in [2.05, 4.69) is 9.72 Å². The molecule has 31 heavy (non-hydrogen) atoms. The van der Waals surface area contributed by atoms with Crippen LogP contribution in [0.3, 0.4) is 0 Å². The summed E-state index contributed by atoms with van der Waals surface area (Å²) in [6.45, 7) is 4.07. The molecule has 1 aromatic heterocycles. The van der Waals surface area contributed by atoms with Crippen LogP contribution >= 0.6 is 0 Å². The molecule has 0 radical (unpaired) electrons. The molecule has 0 amide bonds. The Kier molecular flexibility index (Phi) is 5.94. The van der Waals surface area contributed by atoms with Gasteiger partial charge in [-0.3, -0.25) is 0 Å². The third-order valence-electron chi connectivity index (χ3n) is 5.11. The minimum atomic E-state index is -0.304. The van der Waals surface area contributed by atoms with E-state index in [4.69, 9.17) is 4.84 Å². The van der Waals surface area contributed by atoms with Gasteiger partial charge >= 0.3 is 0 Å². The maximum atomic E-state index is 13.5. The zero-order valence-electron chi connectivity index (χ0n) is 17.3. The summed E-state index contributed by atoms with van der Waals surface area (Å²) in [7, 11) is 0. The number of aromatic nitrogens is 1. The van der Waals surface area contributed by atoms with E-state index in [0.717, 1.165) is 28.2 Å². The molecule has 0 unspecified atom stereocenters. The first-order chi connectivity index (χ1) is 15.0. The lowest BCUT2D eigenvalue weighted by atomic mass is 10.1. The van der Waals surface area contributed by atoms with Crippen LogP contribution in [-0.2, 0) is 11.4 Å². The molecule has 0 aliphatic carbocycles. The molecule has 4 aromatic rings. The Morgan fingerprint density at radius 1 is 0.871 bits per heavy atom. The molecule has 0 bridgehead atoms. The zero-order chi connectivity index (χ0) is 21.8. The summed E-state index contributed by atoms with van der Waals surface area (Å²) < 4.78 is 28.9. The number of hydrogen-bond acceptors (Lipinski definition) is 2. The van der Waals surface area contributed by atoms with Gasteiger partial charge in [-0.05, 0) is 79.6 Å². The van der Waals surface area contributed by atoms with Gasteiger partial charge < -0.3 is 9.40 Å². The van der Waals surface area contributed by atoms with Gasteiger partial charge in [-0.25, -0.2) is 8.78 Å². The highest BCUT2D eigenvalue weighted by molar-refractivity contribution is 6.01. The molecule has 0 spiro atoms. The molecule has 1 heterocycles. The van der Waals surface area contributed by atoms with E-state index in [9.17, 15) is 8.78 Å². The standard InChI is InChI=1S/C26H22F2N2O/c1-18(29-31-17-20-7-6-8-23(28)15-20)25-16-26(21-11-13-22(27)14-12-21)30(19(25)2)24-9-4-3-5-10-24/h3-16H,17H2,1-2H3/b29-18-. The van der Waals surface area contributed by atoms with E-state index < -0.39 is 0 Å². The molecule has 3 nitrogen and oxygen atoms in total. The minimum absolute atomic E-state index is 0.179. The average Bonchev–Trinajstić information content (AvgIpc) is 3.12. The maximum absolute atomic E-state index is 13.5. The Morgan fingerprint density at radius 2 is 1.61 bits per heavy atom. The normalized spacial score (nSPS) is 11.5. The van der Waals surface area contributed by atoms with Crippen molar-refractivity contribution in [3.05, 3.63) is 113 Å². The summed E-state index contributed by atoms with van der Waals surface area (Å²) in [6, 6.07) is 24.7. The average molecular weight is 416 g/mol. The van der Waals surface area contributed by atoms with Crippen molar-refractivity contribution in [1.82, 2.24) is 4.57 Å². The molecular weight excluding hydrogens is 394 g/mol. The molecule has 0 N–H and O–H groups in total. The van der Waals surface area contributed by atoms with Crippen LogP contribution in [-0.4, -0.2) is 10.3 Å². The molecule has 0 aliphatic rings. The van der Waals surface area contributed by atoms with Gasteiger partial charge in [-0.15, -0.1) is 0 Å². The molecule has 0 atom stereocenters. The lowest BCUT2D eigenvalue weighted by Crippen LogP contribution is -2.02. The van der Waals surface area contributed by atoms with Crippen molar-refractivity contribution in [3.63, 3.8) is 0 Å². The van der Waals surface area contributed by atoms with Crippen LogP contribution in [0.15, 0.2) is 90.1 Å². The molecular formula is C26H22F2N2O. The smallest absolute Gasteiger partial charge is 0.142 e. The highest BCUT2D eigenvalue weighted by Gasteiger charge is 2.17. The van der Waals surface area contributed by atoms with E-state index >= 15 is 0 Å². The second-order valence-corrected chi connectivity index (χ2v) is 7.29. The van der Waals surface area contributed by atoms with Gasteiger partial charge in [0.15, 0.2) is 0 Å². The SMILES string of the molecule is C/C(=N/OCc1cccc(F)c1)c1cc(-c2ccc(F)cc2)n(-c2ccccc2)c1C. The Bertz CT molecular complexity index is 1210. The molecule has 0 aliphatic heterocycles. The monoisotopic (exact) mass is 416 g/mol. The van der Waals surface area contributed by atoms with Crippen molar-refractivity contribution in [2.75, 3.05) is 0 Å². The Labute approximate surface area is 180 Å². The fourth-order valence-electron chi connectivity index (χ4n) is 3.60. The van der Waals surface area contributed by atoms with Crippen molar-refractivity contribution in [2.45, 2.75) is 20.5 Å². The number of nitrogens with zero attached hydrogens (tertiary/aromatic N) is 2. The Morgan fingerprint density at radius 3 is 2.32 bits per heavy atom. The van der Waals surface area contributed by atoms with Crippen LogP contribution in [0.25, 0.3) is 16.9 Å². The third kappa shape index (κ3) is 4.56. The summed E-state index contributed by atoms with van der Waals surface area (Å²) in [5.41, 5.74) is 6.14. The van der Waals surface area contributed by atoms with Crippen LogP contribution in [0.2, 0.25) is 0 Å². The summed E-state index contributed by atoms with van der Waals surface area (Å²) in [4.78, 5) is 5.48. The van der Waals surface area contributed by atoms with Crippen molar-refractivity contribution in [2.24, 2.45) is 5.16 Å². The number of oxime groups is 1. The van der Waals surface area contributed by atoms with Crippen LogP contribution in [0, 0.1) is 18.6 Å². The van der Waals surface area contributed by atoms with E-state index in [1.54, 1.807) is 24.3 Å². The quantitative estimate of drug-likeness (QED) is 0.255. The highest BCUT2D eigenvalue weighted by atomic mass is 19.1. The Balaban J connectivity index is 1.70. The van der Waals surface area contributed by atoms with E-state index in [0.29, 0.717) is 11.3 Å². The summed E-state index contributed by atoms with van der Waals surface area (Å²) in [5.74, 6) is -0.580. The lowest BCUT2D eigenvalue weighted by Gasteiger charge is -2.12. The lowest BCUT2D eigenvalue weighted by molar-refractivity contribution is 0.130. The largest absolute Gasteiger partial charge is 0.391 e. The van der Waals surface area contributed by atoms with Crippen LogP contribution in [0.4, 0.5) is 8.78 Å². The van der Waals surface area contributed by atoms with Crippen LogP contribution in [0.1, 0.15) is 23.7 Å². The van der Waals surface area contributed by atoms with Crippen molar-refractivity contribution >= 4 is 5.71 Å². The summed E-state index contributed by atoms with van der Waals surface area (Å²) in [5, 5.41) is 4.26. The first-order valence-corrected chi connectivity index (χ1v) is 9.98. The number of halogens is 2. The second kappa shape index (κ2) is 8.96. The van der Waals surface area contributed by atoms with Crippen LogP contribution < -0.4 is 0 Å². The molecule has 4 rings (SSSR count). The van der Waals surface area contributed by atoms with Gasteiger partial charge in [0.1, 0.15) is 18.2 Å². The number of benzene rings is 3. The first kappa shape index (κ1) is 20.5. The second-order valence-electron chi connectivity index (χ2n) is 7.29. The van der Waals surface area contributed by atoms with Crippen LogP contribution in [0.5, 0.6) is 0 Å². The molecule has 156 valence electrons. The van der Waals surface area contributed by atoms with E-state index in [-0.39, 0.29) is 18.2 Å². The van der Waals surface area contributed by atoms with Crippen molar-refractivity contribution in [3.8, 4) is 16.9 Å². The molecule has 0 fully saturated rings. The molecule has 3 aromatic carbocycles. The third-order valence-corrected chi connectivity index (χ3v) is 5.11. The number of rotatable bonds is 6. The topological polar surface area (TPSA) is 26.5 Å². The fraction of sp³-hybridized carbons (Fsp3) is 0.115. The summed E-state index contributed by atoms with van der Waals surface area (Å²) in [6.07, 6.45) is 0. The predicted molar refractivity (Wildman–Crippen MR) is 119 cm³/mol. The van der Waals surface area contributed by atoms with Gasteiger partial charge in [-0.1, -0.05) is 35.5 Å². The highest BCUT2D eigenvalue weighted by Crippen LogP contribution is 2.30. The Hall–Kier alpha value is -3.73. The molecule has 5 heteroatoms. The van der Waals surface area contributed by atoms with Gasteiger partial charge in [-0.2, -0.15) is 0 Å². The summed E-state index contributed by atoms with van der Waals surface area (Å²) >= 11 is 0. The number of para-hydroxylation sites is 1. The molecule has 0 saturated carbocycles. The maximum Gasteiger partial charge on any atom is 0.142 e. The van der Waals surface area contributed by atoms with E-state index in [1.807, 2.05) is 50.2 Å². The zero-order valence-corrected chi connectivity index (χ0v) is 17.3. The fourth-order valence-corrected chi connectivity index (χ4v) is 3.60. The first-order valence-electron chi connectivity index (χ1n) is 9.98. The van der Waals surface area contributed by atoms with Gasteiger partial charge in [0.2, 0.25) is 0 Å². The predicted octanol–water partition coefficient (Wildman–Crippen LogP) is 6.67. The number of hydrogen-bond donors (Lipinski definition) is 0. The van der Waals surface area contributed by atoms with Crippen molar-refractivity contribution < 1.29 is 13.6 Å². The van der Waals surface area contributed by atoms with Crippen molar-refractivity contribution in [1.29, 1.82) is 0 Å². The minimum Gasteiger partial charge on any atom is -0.391 e. The van der Waals surface area contributed by atoms with Gasteiger partial charge in [0.25, 0.3) is 0 Å². The van der Waals surface area contributed by atoms with E-state index in [1.165, 1.54) is 24.3 Å².